The molecule has 15 heavy (non-hydrogen) atoms. The van der Waals surface area contributed by atoms with Gasteiger partial charge in [-0.1, -0.05) is 58.4 Å². The number of fused-ring (bicyclic) bond motifs is 1. The van der Waals surface area contributed by atoms with E-state index >= 15 is 0 Å². The molecule has 0 amide bonds. The number of nitrogens with one attached hydrogen (secondary N) is 1. The molecule has 0 radical (unpaired) electrons. The molecule has 0 aromatic heterocycles. The lowest BCUT2D eigenvalue weighted by Crippen LogP contribution is -2.15. The van der Waals surface area contributed by atoms with Crippen molar-refractivity contribution in [2.45, 2.75) is 6.54 Å². The first-order chi connectivity index (χ1) is 7.42. The van der Waals surface area contributed by atoms with Crippen molar-refractivity contribution in [2.24, 2.45) is 0 Å². The fourth-order valence-electron chi connectivity index (χ4n) is 1.74. The summed E-state index contributed by atoms with van der Waals surface area (Å²) in [5.74, 6) is 0. The lowest BCUT2D eigenvalue weighted by molar-refractivity contribution is 0.738. The van der Waals surface area contributed by atoms with Crippen molar-refractivity contribution in [3.8, 4) is 0 Å². The Labute approximate surface area is 98.6 Å². The van der Waals surface area contributed by atoms with E-state index in [2.05, 4.69) is 63.7 Å². The molecule has 0 saturated heterocycles. The number of halogens is 1. The average Bonchev–Trinajstić information content (AvgIpc) is 2.30. The van der Waals surface area contributed by atoms with Gasteiger partial charge in [0, 0.05) is 18.4 Å². The average molecular weight is 264 g/mol. The van der Waals surface area contributed by atoms with Gasteiger partial charge in [0.1, 0.15) is 0 Å². The Bertz CT molecular complexity index is 434. The Morgan fingerprint density at radius 1 is 1.00 bits per heavy atom. The molecule has 1 nitrogen and oxygen atoms in total. The van der Waals surface area contributed by atoms with Gasteiger partial charge >= 0.3 is 0 Å². The van der Waals surface area contributed by atoms with Crippen molar-refractivity contribution in [3.63, 3.8) is 0 Å². The van der Waals surface area contributed by atoms with Crippen molar-refractivity contribution in [2.75, 3.05) is 11.9 Å². The highest BCUT2D eigenvalue weighted by molar-refractivity contribution is 9.09. The molecule has 0 aliphatic heterocycles. The van der Waals surface area contributed by atoms with E-state index in [-0.39, 0.29) is 0 Å². The monoisotopic (exact) mass is 263 g/mol. The molecule has 2 heteroatoms. The second-order valence-corrected chi connectivity index (χ2v) is 4.30. The first kappa shape index (κ1) is 10.7. The summed E-state index contributed by atoms with van der Waals surface area (Å²) in [4.78, 5) is 0. The third kappa shape index (κ3) is 2.58. The van der Waals surface area contributed by atoms with Crippen LogP contribution in [-0.4, -0.2) is 11.9 Å². The van der Waals surface area contributed by atoms with Crippen LogP contribution in [-0.2, 0) is 6.54 Å². The van der Waals surface area contributed by atoms with E-state index in [1.54, 1.807) is 0 Å². The highest BCUT2D eigenvalue weighted by atomic mass is 79.9. The molecule has 0 heterocycles. The predicted molar refractivity (Wildman–Crippen MR) is 69.4 cm³/mol. The van der Waals surface area contributed by atoms with Gasteiger partial charge in [-0.15, -0.1) is 0 Å². The van der Waals surface area contributed by atoms with E-state index in [1.165, 1.54) is 16.3 Å². The summed E-state index contributed by atoms with van der Waals surface area (Å²) in [6, 6.07) is 15.0. The highest BCUT2D eigenvalue weighted by Crippen LogP contribution is 2.17. The van der Waals surface area contributed by atoms with Gasteiger partial charge < -0.3 is 5.32 Å². The van der Waals surface area contributed by atoms with Crippen LogP contribution in [0.15, 0.2) is 42.5 Å². The molecule has 78 valence electrons. The van der Waals surface area contributed by atoms with Crippen LogP contribution in [0.2, 0.25) is 0 Å². The summed E-state index contributed by atoms with van der Waals surface area (Å²) in [6.45, 7) is 1.94. The zero-order chi connectivity index (χ0) is 10.5. The summed E-state index contributed by atoms with van der Waals surface area (Å²) in [5.41, 5.74) is 1.37. The summed E-state index contributed by atoms with van der Waals surface area (Å²) < 4.78 is 0. The SMILES string of the molecule is BrCCNCc1cccc2ccccc12. The van der Waals surface area contributed by atoms with Crippen LogP contribution in [0.25, 0.3) is 10.8 Å². The maximum Gasteiger partial charge on any atom is 0.0211 e. The minimum Gasteiger partial charge on any atom is -0.312 e. The fraction of sp³-hybridized carbons (Fsp3) is 0.231. The summed E-state index contributed by atoms with van der Waals surface area (Å²) >= 11 is 3.41. The fourth-order valence-corrected chi connectivity index (χ4v) is 2.02. The van der Waals surface area contributed by atoms with E-state index in [9.17, 15) is 0 Å². The Morgan fingerprint density at radius 2 is 1.80 bits per heavy atom. The van der Waals surface area contributed by atoms with Gasteiger partial charge in [0.2, 0.25) is 0 Å². The quantitative estimate of drug-likeness (QED) is 0.659. The lowest BCUT2D eigenvalue weighted by atomic mass is 10.0. The first-order valence-corrected chi connectivity index (χ1v) is 6.27. The Morgan fingerprint density at radius 3 is 2.67 bits per heavy atom. The van der Waals surface area contributed by atoms with Gasteiger partial charge in [0.15, 0.2) is 0 Å². The van der Waals surface area contributed by atoms with E-state index < -0.39 is 0 Å². The smallest absolute Gasteiger partial charge is 0.0211 e. The largest absolute Gasteiger partial charge is 0.312 e. The van der Waals surface area contributed by atoms with Gasteiger partial charge in [-0.2, -0.15) is 0 Å². The van der Waals surface area contributed by atoms with Crippen LogP contribution in [0.3, 0.4) is 0 Å². The number of hydrogen-bond acceptors (Lipinski definition) is 1. The number of alkyl halides is 1. The van der Waals surface area contributed by atoms with Crippen molar-refractivity contribution in [1.29, 1.82) is 0 Å². The van der Waals surface area contributed by atoms with Crippen LogP contribution < -0.4 is 5.32 Å². The van der Waals surface area contributed by atoms with E-state index in [1.807, 2.05) is 0 Å². The van der Waals surface area contributed by atoms with E-state index in [0.29, 0.717) is 0 Å². The number of benzene rings is 2. The molecule has 2 aromatic carbocycles. The molecule has 1 N–H and O–H groups in total. The van der Waals surface area contributed by atoms with Crippen molar-refractivity contribution < 1.29 is 0 Å². The van der Waals surface area contributed by atoms with Crippen molar-refractivity contribution in [1.82, 2.24) is 5.32 Å². The molecule has 0 spiro atoms. The summed E-state index contributed by atoms with van der Waals surface area (Å²) in [5, 5.41) is 7.06. The van der Waals surface area contributed by atoms with Gasteiger partial charge in [-0.25, -0.2) is 0 Å². The maximum atomic E-state index is 3.41. The predicted octanol–water partition coefficient (Wildman–Crippen LogP) is 3.32. The van der Waals surface area contributed by atoms with Crippen LogP contribution in [0.4, 0.5) is 0 Å². The van der Waals surface area contributed by atoms with Crippen LogP contribution in [0.1, 0.15) is 5.56 Å². The Balaban J connectivity index is 2.26. The van der Waals surface area contributed by atoms with Gasteiger partial charge in [0.05, 0.1) is 0 Å². The Kier molecular flexibility index (Phi) is 3.75. The molecule has 0 bridgehead atoms. The molecular weight excluding hydrogens is 250 g/mol. The molecule has 0 unspecified atom stereocenters. The number of rotatable bonds is 4. The summed E-state index contributed by atoms with van der Waals surface area (Å²) in [7, 11) is 0. The third-order valence-electron chi connectivity index (χ3n) is 2.47. The standard InChI is InChI=1S/C13H14BrN/c14-8-9-15-10-12-6-3-5-11-4-1-2-7-13(11)12/h1-7,15H,8-10H2. The molecule has 0 aliphatic rings. The normalized spacial score (nSPS) is 10.7. The first-order valence-electron chi connectivity index (χ1n) is 5.15. The van der Waals surface area contributed by atoms with Crippen LogP contribution in [0.5, 0.6) is 0 Å². The molecule has 2 aromatic rings. The van der Waals surface area contributed by atoms with Crippen LogP contribution in [0, 0.1) is 0 Å². The third-order valence-corrected chi connectivity index (χ3v) is 2.86. The molecule has 0 atom stereocenters. The van der Waals surface area contributed by atoms with Crippen molar-refractivity contribution >= 4 is 26.7 Å². The van der Waals surface area contributed by atoms with E-state index in [4.69, 9.17) is 0 Å². The second-order valence-electron chi connectivity index (χ2n) is 3.50. The zero-order valence-corrected chi connectivity index (χ0v) is 10.1. The topological polar surface area (TPSA) is 12.0 Å². The molecular formula is C13H14BrN. The molecule has 0 fully saturated rings. The van der Waals surface area contributed by atoms with Gasteiger partial charge in [0.25, 0.3) is 0 Å². The van der Waals surface area contributed by atoms with E-state index in [0.717, 1.165) is 18.4 Å². The summed E-state index contributed by atoms with van der Waals surface area (Å²) in [6.07, 6.45) is 0. The van der Waals surface area contributed by atoms with Crippen LogP contribution >= 0.6 is 15.9 Å². The lowest BCUT2D eigenvalue weighted by Gasteiger charge is -2.06. The minimum absolute atomic E-state index is 0.937. The molecule has 2 rings (SSSR count). The zero-order valence-electron chi connectivity index (χ0n) is 8.54. The maximum absolute atomic E-state index is 3.41. The molecule has 0 aliphatic carbocycles. The second kappa shape index (κ2) is 5.29. The minimum atomic E-state index is 0.937. The highest BCUT2D eigenvalue weighted by Gasteiger charge is 1.98. The van der Waals surface area contributed by atoms with Gasteiger partial charge in [-0.05, 0) is 16.3 Å². The Hall–Kier alpha value is -0.860. The van der Waals surface area contributed by atoms with Crippen molar-refractivity contribution in [3.05, 3.63) is 48.0 Å². The number of hydrogen-bond donors (Lipinski definition) is 1. The van der Waals surface area contributed by atoms with Gasteiger partial charge in [-0.3, -0.25) is 0 Å². The molecule has 0 saturated carbocycles.